The van der Waals surface area contributed by atoms with Crippen LogP contribution in [0.15, 0.2) is 5.38 Å². The fourth-order valence-electron chi connectivity index (χ4n) is 1.34. The zero-order valence-corrected chi connectivity index (χ0v) is 9.97. The third-order valence-electron chi connectivity index (χ3n) is 2.05. The van der Waals surface area contributed by atoms with E-state index in [-0.39, 0.29) is 6.04 Å². The molecule has 1 aromatic rings. The SMILES string of the molecule is CCCC(N)Cc1csc(N(C)C)n1. The highest BCUT2D eigenvalue weighted by atomic mass is 32.1. The van der Waals surface area contributed by atoms with Gasteiger partial charge < -0.3 is 10.6 Å². The number of hydrogen-bond acceptors (Lipinski definition) is 4. The summed E-state index contributed by atoms with van der Waals surface area (Å²) in [5.74, 6) is 0. The molecule has 2 N–H and O–H groups in total. The first-order valence-corrected chi connectivity index (χ1v) is 5.88. The van der Waals surface area contributed by atoms with Crippen molar-refractivity contribution < 1.29 is 0 Å². The first-order valence-electron chi connectivity index (χ1n) is 5.00. The van der Waals surface area contributed by atoms with E-state index in [0.29, 0.717) is 0 Å². The van der Waals surface area contributed by atoms with E-state index >= 15 is 0 Å². The molecule has 14 heavy (non-hydrogen) atoms. The lowest BCUT2D eigenvalue weighted by Crippen LogP contribution is -2.22. The molecule has 1 atom stereocenters. The molecule has 0 aromatic carbocycles. The minimum Gasteiger partial charge on any atom is -0.354 e. The number of thiazole rings is 1. The van der Waals surface area contributed by atoms with E-state index < -0.39 is 0 Å². The maximum atomic E-state index is 5.95. The molecule has 1 unspecified atom stereocenters. The Hall–Kier alpha value is -0.610. The van der Waals surface area contributed by atoms with Gasteiger partial charge in [-0.15, -0.1) is 11.3 Å². The number of anilines is 1. The van der Waals surface area contributed by atoms with Crippen molar-refractivity contribution in [3.63, 3.8) is 0 Å². The fraction of sp³-hybridized carbons (Fsp3) is 0.700. The lowest BCUT2D eigenvalue weighted by atomic mass is 10.1. The van der Waals surface area contributed by atoms with Gasteiger partial charge in [-0.25, -0.2) is 4.98 Å². The molecule has 0 fully saturated rings. The molecule has 80 valence electrons. The first-order chi connectivity index (χ1) is 6.63. The smallest absolute Gasteiger partial charge is 0.184 e. The topological polar surface area (TPSA) is 42.1 Å². The van der Waals surface area contributed by atoms with E-state index in [0.717, 1.165) is 30.1 Å². The second-order valence-electron chi connectivity index (χ2n) is 3.77. The van der Waals surface area contributed by atoms with Gasteiger partial charge in [0.25, 0.3) is 0 Å². The van der Waals surface area contributed by atoms with Crippen molar-refractivity contribution in [2.75, 3.05) is 19.0 Å². The average molecular weight is 213 g/mol. The largest absolute Gasteiger partial charge is 0.354 e. The van der Waals surface area contributed by atoms with Crippen LogP contribution in [0.1, 0.15) is 25.5 Å². The fourth-order valence-corrected chi connectivity index (χ4v) is 2.11. The Morgan fingerprint density at radius 1 is 1.57 bits per heavy atom. The van der Waals surface area contributed by atoms with E-state index in [2.05, 4.69) is 17.3 Å². The second-order valence-corrected chi connectivity index (χ2v) is 4.61. The number of rotatable bonds is 5. The maximum Gasteiger partial charge on any atom is 0.184 e. The van der Waals surface area contributed by atoms with Crippen LogP contribution >= 0.6 is 11.3 Å². The molecule has 0 aliphatic rings. The lowest BCUT2D eigenvalue weighted by molar-refractivity contribution is 0.595. The quantitative estimate of drug-likeness (QED) is 0.812. The van der Waals surface area contributed by atoms with Crippen molar-refractivity contribution in [2.24, 2.45) is 5.73 Å². The van der Waals surface area contributed by atoms with Crippen LogP contribution in [0.25, 0.3) is 0 Å². The Morgan fingerprint density at radius 2 is 2.29 bits per heavy atom. The van der Waals surface area contributed by atoms with Crippen molar-refractivity contribution >= 4 is 16.5 Å². The molecule has 0 bridgehead atoms. The molecule has 1 aromatic heterocycles. The minimum absolute atomic E-state index is 0.261. The summed E-state index contributed by atoms with van der Waals surface area (Å²) >= 11 is 1.68. The highest BCUT2D eigenvalue weighted by Gasteiger charge is 2.07. The average Bonchev–Trinajstić information content (AvgIpc) is 2.53. The van der Waals surface area contributed by atoms with Crippen molar-refractivity contribution in [1.82, 2.24) is 4.98 Å². The summed E-state index contributed by atoms with van der Waals surface area (Å²) in [4.78, 5) is 6.52. The maximum absolute atomic E-state index is 5.95. The Bertz CT molecular complexity index is 270. The number of nitrogens with zero attached hydrogens (tertiary/aromatic N) is 2. The molecule has 0 spiro atoms. The van der Waals surface area contributed by atoms with Crippen molar-refractivity contribution in [3.05, 3.63) is 11.1 Å². The summed E-state index contributed by atoms with van der Waals surface area (Å²) in [6.45, 7) is 2.16. The number of nitrogens with two attached hydrogens (primary N) is 1. The van der Waals surface area contributed by atoms with Gasteiger partial charge in [0.1, 0.15) is 0 Å². The third-order valence-corrected chi connectivity index (χ3v) is 3.11. The Balaban J connectivity index is 2.51. The molecule has 0 saturated carbocycles. The van der Waals surface area contributed by atoms with Crippen LogP contribution in [-0.4, -0.2) is 25.1 Å². The first kappa shape index (κ1) is 11.5. The van der Waals surface area contributed by atoms with Gasteiger partial charge in [0.05, 0.1) is 5.69 Å². The molecule has 4 heteroatoms. The van der Waals surface area contributed by atoms with Crippen LogP contribution in [0.2, 0.25) is 0 Å². The van der Waals surface area contributed by atoms with Crippen LogP contribution in [0.4, 0.5) is 5.13 Å². The van der Waals surface area contributed by atoms with E-state index in [1.807, 2.05) is 19.0 Å². The molecule has 0 amide bonds. The molecule has 1 heterocycles. The molecule has 1 rings (SSSR count). The predicted octanol–water partition coefficient (Wildman–Crippen LogP) is 1.88. The minimum atomic E-state index is 0.261. The highest BCUT2D eigenvalue weighted by Crippen LogP contribution is 2.19. The Kier molecular flexibility index (Phi) is 4.35. The van der Waals surface area contributed by atoms with E-state index in [1.54, 1.807) is 11.3 Å². The molecular weight excluding hydrogens is 194 g/mol. The molecule has 3 nitrogen and oxygen atoms in total. The summed E-state index contributed by atoms with van der Waals surface area (Å²) < 4.78 is 0. The van der Waals surface area contributed by atoms with E-state index in [4.69, 9.17) is 5.73 Å². The lowest BCUT2D eigenvalue weighted by Gasteiger charge is -2.08. The van der Waals surface area contributed by atoms with Crippen LogP contribution in [0, 0.1) is 0 Å². The summed E-state index contributed by atoms with van der Waals surface area (Å²) in [5, 5.41) is 3.16. The van der Waals surface area contributed by atoms with Crippen LogP contribution in [-0.2, 0) is 6.42 Å². The zero-order chi connectivity index (χ0) is 10.6. The van der Waals surface area contributed by atoms with Crippen molar-refractivity contribution in [3.8, 4) is 0 Å². The van der Waals surface area contributed by atoms with Crippen LogP contribution < -0.4 is 10.6 Å². The standard InChI is InChI=1S/C10H19N3S/c1-4-5-8(11)6-9-7-14-10(12-9)13(2)3/h7-8H,4-6,11H2,1-3H3. The number of aromatic nitrogens is 1. The number of hydrogen-bond donors (Lipinski definition) is 1. The van der Waals surface area contributed by atoms with Crippen molar-refractivity contribution in [1.29, 1.82) is 0 Å². The molecule has 0 radical (unpaired) electrons. The molecule has 0 aliphatic carbocycles. The van der Waals surface area contributed by atoms with Gasteiger partial charge in [0, 0.05) is 31.9 Å². The monoisotopic (exact) mass is 213 g/mol. The predicted molar refractivity (Wildman–Crippen MR) is 63.0 cm³/mol. The van der Waals surface area contributed by atoms with Crippen molar-refractivity contribution in [2.45, 2.75) is 32.2 Å². The van der Waals surface area contributed by atoms with Crippen LogP contribution in [0.5, 0.6) is 0 Å². The Morgan fingerprint density at radius 3 is 2.79 bits per heavy atom. The van der Waals surface area contributed by atoms with Gasteiger partial charge in [0.15, 0.2) is 5.13 Å². The zero-order valence-electron chi connectivity index (χ0n) is 9.16. The second kappa shape index (κ2) is 5.32. The van der Waals surface area contributed by atoms with E-state index in [9.17, 15) is 0 Å². The van der Waals surface area contributed by atoms with Gasteiger partial charge in [-0.1, -0.05) is 13.3 Å². The summed E-state index contributed by atoms with van der Waals surface area (Å²) in [5.41, 5.74) is 7.08. The van der Waals surface area contributed by atoms with Gasteiger partial charge >= 0.3 is 0 Å². The van der Waals surface area contributed by atoms with E-state index in [1.165, 1.54) is 0 Å². The third kappa shape index (κ3) is 3.27. The summed E-state index contributed by atoms with van der Waals surface area (Å²) in [6, 6.07) is 0.261. The van der Waals surface area contributed by atoms with Gasteiger partial charge in [-0.3, -0.25) is 0 Å². The molecule has 0 aliphatic heterocycles. The highest BCUT2D eigenvalue weighted by molar-refractivity contribution is 7.13. The normalized spacial score (nSPS) is 12.9. The molecular formula is C10H19N3S. The Labute approximate surface area is 89.9 Å². The van der Waals surface area contributed by atoms with Gasteiger partial charge in [-0.05, 0) is 6.42 Å². The van der Waals surface area contributed by atoms with Crippen LogP contribution in [0.3, 0.4) is 0 Å². The molecule has 0 saturated heterocycles. The summed E-state index contributed by atoms with van der Waals surface area (Å²) in [6.07, 6.45) is 3.12. The summed E-state index contributed by atoms with van der Waals surface area (Å²) in [7, 11) is 4.02. The van der Waals surface area contributed by atoms with Gasteiger partial charge in [-0.2, -0.15) is 0 Å². The van der Waals surface area contributed by atoms with Gasteiger partial charge in [0.2, 0.25) is 0 Å².